The van der Waals surface area contributed by atoms with Gasteiger partial charge in [0, 0.05) is 17.1 Å². The fraction of sp³-hybridized carbons (Fsp3) is 0.300. The zero-order valence-corrected chi connectivity index (χ0v) is 10.2. The van der Waals surface area contributed by atoms with Crippen LogP contribution in [0.25, 0.3) is 0 Å². The third-order valence-electron chi connectivity index (χ3n) is 2.13. The predicted molar refractivity (Wildman–Crippen MR) is 60.2 cm³/mol. The van der Waals surface area contributed by atoms with E-state index in [4.69, 9.17) is 15.8 Å². The molecule has 0 spiro atoms. The highest BCUT2D eigenvalue weighted by Crippen LogP contribution is 2.21. The summed E-state index contributed by atoms with van der Waals surface area (Å²) in [5.41, 5.74) is 1.31. The third kappa shape index (κ3) is 3.50. The first-order valence-electron chi connectivity index (χ1n) is 4.56. The van der Waals surface area contributed by atoms with E-state index in [1.54, 1.807) is 19.1 Å². The number of aliphatic carboxylic acids is 1. The van der Waals surface area contributed by atoms with Crippen LogP contribution >= 0.6 is 10.7 Å². The van der Waals surface area contributed by atoms with Crippen LogP contribution in [0.15, 0.2) is 23.1 Å². The monoisotopic (exact) mass is 262 g/mol. The Morgan fingerprint density at radius 2 is 2.06 bits per heavy atom. The molecule has 1 N–H and O–H groups in total. The molecule has 0 aliphatic rings. The summed E-state index contributed by atoms with van der Waals surface area (Å²) in [6.45, 7) is 1.62. The number of halogens is 1. The zero-order chi connectivity index (χ0) is 12.3. The van der Waals surface area contributed by atoms with Crippen LogP contribution in [0.3, 0.4) is 0 Å². The summed E-state index contributed by atoms with van der Waals surface area (Å²) in [6.07, 6.45) is 0.394. The average Bonchev–Trinajstić information content (AvgIpc) is 2.12. The van der Waals surface area contributed by atoms with Gasteiger partial charge in [-0.1, -0.05) is 12.1 Å². The van der Waals surface area contributed by atoms with Crippen LogP contribution in [0, 0.1) is 6.92 Å². The zero-order valence-electron chi connectivity index (χ0n) is 8.60. The lowest BCUT2D eigenvalue weighted by Crippen LogP contribution is -1.99. The van der Waals surface area contributed by atoms with E-state index >= 15 is 0 Å². The summed E-state index contributed by atoms with van der Waals surface area (Å²) in [4.78, 5) is 10.4. The molecule has 0 saturated heterocycles. The lowest BCUT2D eigenvalue weighted by atomic mass is 10.1. The van der Waals surface area contributed by atoms with Crippen LogP contribution in [-0.2, 0) is 20.3 Å². The van der Waals surface area contributed by atoms with Crippen LogP contribution in [0.1, 0.15) is 17.5 Å². The quantitative estimate of drug-likeness (QED) is 0.842. The minimum absolute atomic E-state index is 0.0202. The maximum atomic E-state index is 11.1. The second kappa shape index (κ2) is 4.84. The number of carbonyl (C=O) groups is 1. The molecule has 0 saturated carbocycles. The van der Waals surface area contributed by atoms with Gasteiger partial charge in [-0.05, 0) is 30.5 Å². The van der Waals surface area contributed by atoms with Gasteiger partial charge in [0.15, 0.2) is 0 Å². The molecular weight excluding hydrogens is 252 g/mol. The maximum Gasteiger partial charge on any atom is 0.303 e. The van der Waals surface area contributed by atoms with Crippen molar-refractivity contribution in [2.45, 2.75) is 24.7 Å². The number of hydrogen-bond acceptors (Lipinski definition) is 3. The lowest BCUT2D eigenvalue weighted by Gasteiger charge is -2.04. The molecule has 88 valence electrons. The smallest absolute Gasteiger partial charge is 0.303 e. The molecule has 0 bridgehead atoms. The van der Waals surface area contributed by atoms with Gasteiger partial charge < -0.3 is 5.11 Å². The largest absolute Gasteiger partial charge is 0.481 e. The second-order valence-corrected chi connectivity index (χ2v) is 5.97. The van der Waals surface area contributed by atoms with E-state index in [0.29, 0.717) is 12.0 Å². The van der Waals surface area contributed by atoms with E-state index in [-0.39, 0.29) is 11.3 Å². The number of hydrogen-bond donors (Lipinski definition) is 1. The fourth-order valence-electron chi connectivity index (χ4n) is 1.39. The van der Waals surface area contributed by atoms with Crippen LogP contribution in [0.4, 0.5) is 0 Å². The van der Waals surface area contributed by atoms with E-state index in [1.165, 1.54) is 6.07 Å². The summed E-state index contributed by atoms with van der Waals surface area (Å²) in [5, 5.41) is 8.51. The molecule has 1 aromatic rings. The number of carboxylic acid groups (broad SMARTS) is 1. The Balaban J connectivity index is 2.96. The summed E-state index contributed by atoms with van der Waals surface area (Å²) < 4.78 is 22.2. The Hall–Kier alpha value is -1.07. The predicted octanol–water partition coefficient (Wildman–Crippen LogP) is 1.94. The van der Waals surface area contributed by atoms with Crippen molar-refractivity contribution in [1.82, 2.24) is 0 Å². The first kappa shape index (κ1) is 13.0. The Labute approximate surface area is 98.3 Å². The first-order valence-corrected chi connectivity index (χ1v) is 6.87. The minimum atomic E-state index is -3.73. The Bertz CT molecular complexity index is 508. The highest BCUT2D eigenvalue weighted by Gasteiger charge is 2.13. The van der Waals surface area contributed by atoms with Gasteiger partial charge in [-0.3, -0.25) is 4.79 Å². The average molecular weight is 263 g/mol. The molecular formula is C10H11ClO4S. The summed E-state index contributed by atoms with van der Waals surface area (Å²) in [5.74, 6) is -0.883. The highest BCUT2D eigenvalue weighted by atomic mass is 35.7. The van der Waals surface area contributed by atoms with Crippen LogP contribution in [0.5, 0.6) is 0 Å². The van der Waals surface area contributed by atoms with E-state index in [0.717, 1.165) is 5.56 Å². The third-order valence-corrected chi connectivity index (χ3v) is 3.61. The van der Waals surface area contributed by atoms with Crippen molar-refractivity contribution in [2.24, 2.45) is 0 Å². The summed E-state index contributed by atoms with van der Waals surface area (Å²) in [7, 11) is 1.50. The molecule has 0 radical (unpaired) electrons. The maximum absolute atomic E-state index is 11.1. The first-order chi connectivity index (χ1) is 7.30. The van der Waals surface area contributed by atoms with Crippen molar-refractivity contribution >= 4 is 25.7 Å². The summed E-state index contributed by atoms with van der Waals surface area (Å²) in [6, 6.07) is 4.61. The topological polar surface area (TPSA) is 71.4 Å². The van der Waals surface area contributed by atoms with Gasteiger partial charge in [0.1, 0.15) is 0 Å². The fourth-order valence-corrected chi connectivity index (χ4v) is 2.59. The van der Waals surface area contributed by atoms with Crippen molar-refractivity contribution in [3.05, 3.63) is 29.3 Å². The SMILES string of the molecule is Cc1cc(CCC(=O)O)ccc1S(=O)(=O)Cl. The van der Waals surface area contributed by atoms with Gasteiger partial charge in [-0.2, -0.15) is 0 Å². The molecule has 6 heteroatoms. The molecule has 0 fully saturated rings. The molecule has 0 aromatic heterocycles. The van der Waals surface area contributed by atoms with Crippen LogP contribution in [0.2, 0.25) is 0 Å². The minimum Gasteiger partial charge on any atom is -0.481 e. The van der Waals surface area contributed by atoms with Crippen LogP contribution in [-0.4, -0.2) is 19.5 Å². The van der Waals surface area contributed by atoms with Crippen molar-refractivity contribution in [1.29, 1.82) is 0 Å². The second-order valence-electron chi connectivity index (χ2n) is 3.43. The molecule has 0 amide bonds. The van der Waals surface area contributed by atoms with E-state index < -0.39 is 15.0 Å². The molecule has 1 aromatic carbocycles. The van der Waals surface area contributed by atoms with Crippen molar-refractivity contribution < 1.29 is 18.3 Å². The number of benzene rings is 1. The molecule has 4 nitrogen and oxygen atoms in total. The molecule has 0 aliphatic carbocycles. The highest BCUT2D eigenvalue weighted by molar-refractivity contribution is 8.13. The number of carboxylic acids is 1. The van der Waals surface area contributed by atoms with Gasteiger partial charge in [0.05, 0.1) is 4.90 Å². The molecule has 0 unspecified atom stereocenters. The molecule has 16 heavy (non-hydrogen) atoms. The Kier molecular flexibility index (Phi) is 3.93. The normalized spacial score (nSPS) is 11.4. The lowest BCUT2D eigenvalue weighted by molar-refractivity contribution is -0.136. The molecule has 0 heterocycles. The van der Waals surface area contributed by atoms with E-state index in [9.17, 15) is 13.2 Å². The van der Waals surface area contributed by atoms with Crippen molar-refractivity contribution in [3.8, 4) is 0 Å². The standard InChI is InChI=1S/C10H11ClO4S/c1-7-6-8(3-5-10(12)13)2-4-9(7)16(11,14)15/h2,4,6H,3,5H2,1H3,(H,12,13). The Morgan fingerprint density at radius 1 is 1.44 bits per heavy atom. The molecule has 0 aliphatic heterocycles. The summed E-state index contributed by atoms with van der Waals surface area (Å²) >= 11 is 0. The van der Waals surface area contributed by atoms with Gasteiger partial charge >= 0.3 is 5.97 Å². The van der Waals surface area contributed by atoms with E-state index in [2.05, 4.69) is 0 Å². The number of aryl methyl sites for hydroxylation is 2. The molecule has 0 atom stereocenters. The van der Waals surface area contributed by atoms with Gasteiger partial charge in [-0.25, -0.2) is 8.42 Å². The van der Waals surface area contributed by atoms with Crippen LogP contribution < -0.4 is 0 Å². The number of rotatable bonds is 4. The Morgan fingerprint density at radius 3 is 2.50 bits per heavy atom. The van der Waals surface area contributed by atoms with Crippen molar-refractivity contribution in [3.63, 3.8) is 0 Å². The van der Waals surface area contributed by atoms with Gasteiger partial charge in [0.2, 0.25) is 0 Å². The molecule has 1 rings (SSSR count). The van der Waals surface area contributed by atoms with Crippen molar-refractivity contribution in [2.75, 3.05) is 0 Å². The van der Waals surface area contributed by atoms with Gasteiger partial charge in [-0.15, -0.1) is 0 Å². The van der Waals surface area contributed by atoms with E-state index in [1.807, 2.05) is 0 Å². The van der Waals surface area contributed by atoms with Gasteiger partial charge in [0.25, 0.3) is 9.05 Å².